The summed E-state index contributed by atoms with van der Waals surface area (Å²) in [4.78, 5) is 0. The number of fused-ring (bicyclic) bond motifs is 1. The molecule has 4 heteroatoms. The molecule has 0 amide bonds. The van der Waals surface area contributed by atoms with Crippen LogP contribution in [0.2, 0.25) is 0 Å². The maximum Gasteiger partial charge on any atom is 0.128 e. The fraction of sp³-hybridized carbons (Fsp3) is 0.250. The predicted molar refractivity (Wildman–Crippen MR) is 75.9 cm³/mol. The van der Waals surface area contributed by atoms with Crippen molar-refractivity contribution in [2.45, 2.75) is 19.4 Å². The predicted octanol–water partition coefficient (Wildman–Crippen LogP) is 2.62. The number of para-hydroxylation sites is 1. The smallest absolute Gasteiger partial charge is 0.128 e. The Morgan fingerprint density at radius 1 is 1.25 bits per heavy atom. The molecule has 104 valence electrons. The van der Waals surface area contributed by atoms with Gasteiger partial charge in [0.25, 0.3) is 0 Å². The van der Waals surface area contributed by atoms with E-state index in [0.717, 1.165) is 28.9 Å². The highest BCUT2D eigenvalue weighted by Gasteiger charge is 2.24. The standard InChI is InChI=1S/C16H17FN2O/c1-10-5-6-14(17)13(9-10)15(19-18)12-4-2-3-11-7-8-20-16(11)12/h2-6,9,15,19H,7-8,18H2,1H3. The molecule has 2 aromatic rings. The molecule has 0 saturated heterocycles. The highest BCUT2D eigenvalue weighted by Crippen LogP contribution is 2.36. The SMILES string of the molecule is Cc1ccc(F)c(C(NN)c2cccc3c2OCC3)c1. The van der Waals surface area contributed by atoms with Gasteiger partial charge in [-0.2, -0.15) is 0 Å². The van der Waals surface area contributed by atoms with Crippen molar-refractivity contribution in [2.75, 3.05) is 6.61 Å². The number of hydrogen-bond acceptors (Lipinski definition) is 3. The molecule has 0 radical (unpaired) electrons. The Bertz CT molecular complexity index is 642. The largest absolute Gasteiger partial charge is 0.493 e. The molecule has 3 rings (SSSR count). The minimum absolute atomic E-state index is 0.269. The van der Waals surface area contributed by atoms with Crippen molar-refractivity contribution < 1.29 is 9.13 Å². The number of benzene rings is 2. The first kappa shape index (κ1) is 13.1. The molecule has 0 bridgehead atoms. The van der Waals surface area contributed by atoms with E-state index in [4.69, 9.17) is 10.6 Å². The molecule has 1 unspecified atom stereocenters. The Hall–Kier alpha value is -1.91. The maximum absolute atomic E-state index is 14.1. The summed E-state index contributed by atoms with van der Waals surface area (Å²) in [6.45, 7) is 2.60. The van der Waals surface area contributed by atoms with Gasteiger partial charge in [-0.15, -0.1) is 0 Å². The van der Waals surface area contributed by atoms with E-state index in [-0.39, 0.29) is 5.82 Å². The summed E-state index contributed by atoms with van der Waals surface area (Å²) in [6.07, 6.45) is 0.886. The van der Waals surface area contributed by atoms with Crippen molar-refractivity contribution in [3.63, 3.8) is 0 Å². The summed E-state index contributed by atoms with van der Waals surface area (Å²) in [6, 6.07) is 10.5. The van der Waals surface area contributed by atoms with Crippen molar-refractivity contribution in [3.05, 3.63) is 64.5 Å². The van der Waals surface area contributed by atoms with E-state index in [0.29, 0.717) is 12.2 Å². The van der Waals surface area contributed by atoms with Crippen LogP contribution in [0.3, 0.4) is 0 Å². The summed E-state index contributed by atoms with van der Waals surface area (Å²) in [5, 5.41) is 0. The second kappa shape index (κ2) is 5.23. The third-order valence-electron chi connectivity index (χ3n) is 3.69. The van der Waals surface area contributed by atoms with Gasteiger partial charge < -0.3 is 4.74 Å². The Labute approximate surface area is 117 Å². The van der Waals surface area contributed by atoms with Crippen molar-refractivity contribution in [3.8, 4) is 5.75 Å². The van der Waals surface area contributed by atoms with E-state index in [2.05, 4.69) is 5.43 Å². The molecule has 1 heterocycles. The number of nitrogens with two attached hydrogens (primary N) is 1. The molecule has 0 fully saturated rings. The zero-order valence-corrected chi connectivity index (χ0v) is 11.3. The van der Waals surface area contributed by atoms with Crippen LogP contribution in [-0.4, -0.2) is 6.61 Å². The van der Waals surface area contributed by atoms with Crippen LogP contribution in [0.25, 0.3) is 0 Å². The number of nitrogens with one attached hydrogen (secondary N) is 1. The lowest BCUT2D eigenvalue weighted by molar-refractivity contribution is 0.350. The van der Waals surface area contributed by atoms with Gasteiger partial charge in [-0.25, -0.2) is 9.82 Å². The maximum atomic E-state index is 14.1. The van der Waals surface area contributed by atoms with Gasteiger partial charge in [-0.3, -0.25) is 5.84 Å². The van der Waals surface area contributed by atoms with Crippen LogP contribution in [0.15, 0.2) is 36.4 Å². The number of ether oxygens (including phenoxy) is 1. The molecule has 3 nitrogen and oxygen atoms in total. The summed E-state index contributed by atoms with van der Waals surface area (Å²) in [5.74, 6) is 6.24. The second-order valence-corrected chi connectivity index (χ2v) is 5.06. The number of hydrazine groups is 1. The monoisotopic (exact) mass is 272 g/mol. The van der Waals surface area contributed by atoms with Crippen molar-refractivity contribution >= 4 is 0 Å². The van der Waals surface area contributed by atoms with Crippen molar-refractivity contribution in [1.82, 2.24) is 5.43 Å². The Kier molecular flexibility index (Phi) is 3.42. The summed E-state index contributed by atoms with van der Waals surface area (Å²) < 4.78 is 19.8. The highest BCUT2D eigenvalue weighted by atomic mass is 19.1. The minimum atomic E-state index is -0.414. The molecule has 0 aliphatic carbocycles. The number of hydrogen-bond donors (Lipinski definition) is 2. The number of aryl methyl sites for hydroxylation is 1. The van der Waals surface area contributed by atoms with E-state index < -0.39 is 6.04 Å². The van der Waals surface area contributed by atoms with Gasteiger partial charge in [-0.05, 0) is 18.6 Å². The summed E-state index contributed by atoms with van der Waals surface area (Å²) in [5.41, 5.74) is 6.28. The lowest BCUT2D eigenvalue weighted by Gasteiger charge is -2.20. The third kappa shape index (κ3) is 2.17. The van der Waals surface area contributed by atoms with E-state index in [1.165, 1.54) is 6.07 Å². The zero-order valence-electron chi connectivity index (χ0n) is 11.3. The summed E-state index contributed by atoms with van der Waals surface area (Å²) in [7, 11) is 0. The van der Waals surface area contributed by atoms with Gasteiger partial charge in [-0.1, -0.05) is 35.9 Å². The highest BCUT2D eigenvalue weighted by molar-refractivity contribution is 5.49. The molecular formula is C16H17FN2O. The Morgan fingerprint density at radius 3 is 2.90 bits per heavy atom. The lowest BCUT2D eigenvalue weighted by Crippen LogP contribution is -2.30. The van der Waals surface area contributed by atoms with E-state index in [1.807, 2.05) is 31.2 Å². The lowest BCUT2D eigenvalue weighted by atomic mass is 9.95. The van der Waals surface area contributed by atoms with E-state index >= 15 is 0 Å². The molecule has 0 saturated carbocycles. The van der Waals surface area contributed by atoms with Gasteiger partial charge in [0, 0.05) is 17.5 Å². The molecule has 2 aromatic carbocycles. The minimum Gasteiger partial charge on any atom is -0.493 e. The first-order valence-corrected chi connectivity index (χ1v) is 6.67. The normalized spacial score (nSPS) is 14.8. The van der Waals surface area contributed by atoms with Crippen molar-refractivity contribution in [1.29, 1.82) is 0 Å². The molecule has 20 heavy (non-hydrogen) atoms. The van der Waals surface area contributed by atoms with Gasteiger partial charge in [0.2, 0.25) is 0 Å². The van der Waals surface area contributed by atoms with Crippen LogP contribution in [0.4, 0.5) is 4.39 Å². The van der Waals surface area contributed by atoms with Crippen LogP contribution in [0, 0.1) is 12.7 Å². The molecule has 0 spiro atoms. The van der Waals surface area contributed by atoms with Gasteiger partial charge >= 0.3 is 0 Å². The first-order valence-electron chi connectivity index (χ1n) is 6.67. The van der Waals surface area contributed by atoms with Gasteiger partial charge in [0.15, 0.2) is 0 Å². The fourth-order valence-electron chi connectivity index (χ4n) is 2.70. The van der Waals surface area contributed by atoms with Gasteiger partial charge in [0.1, 0.15) is 11.6 Å². The average Bonchev–Trinajstić information content (AvgIpc) is 2.92. The average molecular weight is 272 g/mol. The summed E-state index contributed by atoms with van der Waals surface area (Å²) >= 11 is 0. The molecule has 1 aliphatic rings. The van der Waals surface area contributed by atoms with Crippen LogP contribution in [-0.2, 0) is 6.42 Å². The third-order valence-corrected chi connectivity index (χ3v) is 3.69. The van der Waals surface area contributed by atoms with Crippen LogP contribution < -0.4 is 16.0 Å². The Balaban J connectivity index is 2.11. The number of rotatable bonds is 3. The molecule has 0 aromatic heterocycles. The first-order chi connectivity index (χ1) is 9.70. The Morgan fingerprint density at radius 2 is 2.10 bits per heavy atom. The van der Waals surface area contributed by atoms with Crippen LogP contribution in [0.5, 0.6) is 5.75 Å². The second-order valence-electron chi connectivity index (χ2n) is 5.06. The van der Waals surface area contributed by atoms with E-state index in [9.17, 15) is 4.39 Å². The molecular weight excluding hydrogens is 255 g/mol. The van der Waals surface area contributed by atoms with Crippen LogP contribution >= 0.6 is 0 Å². The van der Waals surface area contributed by atoms with Crippen LogP contribution in [0.1, 0.15) is 28.3 Å². The zero-order chi connectivity index (χ0) is 14.1. The topological polar surface area (TPSA) is 47.3 Å². The fourth-order valence-corrected chi connectivity index (χ4v) is 2.70. The molecule has 1 atom stereocenters. The van der Waals surface area contributed by atoms with E-state index in [1.54, 1.807) is 6.07 Å². The number of halogens is 1. The molecule has 3 N–H and O–H groups in total. The van der Waals surface area contributed by atoms with Gasteiger partial charge in [0.05, 0.1) is 12.6 Å². The quantitative estimate of drug-likeness (QED) is 0.667. The van der Waals surface area contributed by atoms with Crippen molar-refractivity contribution in [2.24, 2.45) is 5.84 Å². The molecule has 1 aliphatic heterocycles.